The lowest BCUT2D eigenvalue weighted by Crippen LogP contribution is -2.42. The number of rotatable bonds is 5. The second-order valence-corrected chi connectivity index (χ2v) is 6.29. The van der Waals surface area contributed by atoms with Crippen molar-refractivity contribution in [2.45, 2.75) is 45.9 Å². The fraction of sp³-hybridized carbons (Fsp3) is 0.611. The molecule has 1 atom stereocenters. The standard InChI is InChI=1S/C18H28N2O2/c1-15(2)19-10-7-11-20(13-12-19)16(3)18(21)22-14-17-8-5-4-6-9-17/h4-6,8-9,15-16H,7,10-14H2,1-3H3. The molecule has 1 aliphatic heterocycles. The SMILES string of the molecule is CC(C)N1CCCN(C(C)C(=O)OCc2ccccc2)CC1. The molecule has 0 spiro atoms. The van der Waals surface area contributed by atoms with Crippen molar-refractivity contribution in [3.63, 3.8) is 0 Å². The van der Waals surface area contributed by atoms with Crippen LogP contribution in [-0.4, -0.2) is 54.0 Å². The van der Waals surface area contributed by atoms with E-state index >= 15 is 0 Å². The van der Waals surface area contributed by atoms with E-state index in [2.05, 4.69) is 23.6 Å². The van der Waals surface area contributed by atoms with Gasteiger partial charge in [0.05, 0.1) is 0 Å². The van der Waals surface area contributed by atoms with Crippen molar-refractivity contribution in [2.24, 2.45) is 0 Å². The maximum Gasteiger partial charge on any atom is 0.323 e. The largest absolute Gasteiger partial charge is 0.460 e. The highest BCUT2D eigenvalue weighted by molar-refractivity contribution is 5.75. The van der Waals surface area contributed by atoms with Crippen LogP contribution in [0.2, 0.25) is 0 Å². The van der Waals surface area contributed by atoms with Gasteiger partial charge >= 0.3 is 5.97 Å². The highest BCUT2D eigenvalue weighted by atomic mass is 16.5. The van der Waals surface area contributed by atoms with E-state index in [1.54, 1.807) is 0 Å². The molecule has 2 rings (SSSR count). The van der Waals surface area contributed by atoms with Crippen molar-refractivity contribution in [3.8, 4) is 0 Å². The Kier molecular flexibility index (Phi) is 6.40. The van der Waals surface area contributed by atoms with Gasteiger partial charge in [0.15, 0.2) is 0 Å². The molecule has 4 heteroatoms. The van der Waals surface area contributed by atoms with Crippen LogP contribution < -0.4 is 0 Å². The zero-order valence-corrected chi connectivity index (χ0v) is 14.0. The second kappa shape index (κ2) is 8.30. The molecule has 0 radical (unpaired) electrons. The first kappa shape index (κ1) is 17.0. The molecule has 0 N–H and O–H groups in total. The lowest BCUT2D eigenvalue weighted by molar-refractivity contribution is -0.150. The summed E-state index contributed by atoms with van der Waals surface area (Å²) in [4.78, 5) is 17.0. The number of carbonyl (C=O) groups is 1. The lowest BCUT2D eigenvalue weighted by atomic mass is 10.2. The summed E-state index contributed by atoms with van der Waals surface area (Å²) in [6, 6.07) is 10.2. The summed E-state index contributed by atoms with van der Waals surface area (Å²) in [5.41, 5.74) is 1.03. The smallest absolute Gasteiger partial charge is 0.323 e. The Hall–Kier alpha value is -1.39. The van der Waals surface area contributed by atoms with Crippen LogP contribution in [0.5, 0.6) is 0 Å². The average Bonchev–Trinajstić information content (AvgIpc) is 2.79. The Morgan fingerprint density at radius 3 is 2.36 bits per heavy atom. The highest BCUT2D eigenvalue weighted by Crippen LogP contribution is 2.11. The van der Waals surface area contributed by atoms with Crippen LogP contribution >= 0.6 is 0 Å². The first-order valence-corrected chi connectivity index (χ1v) is 8.26. The zero-order valence-electron chi connectivity index (χ0n) is 14.0. The van der Waals surface area contributed by atoms with Crippen LogP contribution in [0.25, 0.3) is 0 Å². The second-order valence-electron chi connectivity index (χ2n) is 6.29. The number of nitrogens with zero attached hydrogens (tertiary/aromatic N) is 2. The normalized spacial score (nSPS) is 18.9. The number of carbonyl (C=O) groups excluding carboxylic acids is 1. The van der Waals surface area contributed by atoms with E-state index in [1.165, 1.54) is 0 Å². The average molecular weight is 304 g/mol. The molecule has 1 aromatic carbocycles. The number of benzene rings is 1. The molecular weight excluding hydrogens is 276 g/mol. The molecular formula is C18H28N2O2. The van der Waals surface area contributed by atoms with Crippen molar-refractivity contribution in [1.82, 2.24) is 9.80 Å². The summed E-state index contributed by atoms with van der Waals surface area (Å²) in [6.07, 6.45) is 1.11. The Bertz CT molecular complexity index is 461. The number of hydrogen-bond donors (Lipinski definition) is 0. The summed E-state index contributed by atoms with van der Waals surface area (Å²) in [5, 5.41) is 0. The minimum Gasteiger partial charge on any atom is -0.460 e. The van der Waals surface area contributed by atoms with Crippen LogP contribution in [0.1, 0.15) is 32.8 Å². The van der Waals surface area contributed by atoms with Gasteiger partial charge in [-0.3, -0.25) is 14.6 Å². The molecule has 0 aromatic heterocycles. The predicted octanol–water partition coefficient (Wildman–Crippen LogP) is 2.53. The molecule has 0 bridgehead atoms. The monoisotopic (exact) mass is 304 g/mol. The molecule has 1 saturated heterocycles. The van der Waals surface area contributed by atoms with E-state index in [0.717, 1.165) is 38.2 Å². The van der Waals surface area contributed by atoms with Crippen molar-refractivity contribution in [3.05, 3.63) is 35.9 Å². The molecule has 4 nitrogen and oxygen atoms in total. The van der Waals surface area contributed by atoms with Crippen molar-refractivity contribution >= 4 is 5.97 Å². The quantitative estimate of drug-likeness (QED) is 0.783. The first-order valence-electron chi connectivity index (χ1n) is 8.26. The van der Waals surface area contributed by atoms with Gasteiger partial charge in [0.2, 0.25) is 0 Å². The Morgan fingerprint density at radius 1 is 1.05 bits per heavy atom. The van der Waals surface area contributed by atoms with Crippen LogP contribution in [0.3, 0.4) is 0 Å². The van der Waals surface area contributed by atoms with E-state index in [4.69, 9.17) is 4.74 Å². The summed E-state index contributed by atoms with van der Waals surface area (Å²) in [7, 11) is 0. The fourth-order valence-corrected chi connectivity index (χ4v) is 2.86. The van der Waals surface area contributed by atoms with Gasteiger partial charge in [0.1, 0.15) is 12.6 Å². The highest BCUT2D eigenvalue weighted by Gasteiger charge is 2.25. The van der Waals surface area contributed by atoms with Gasteiger partial charge in [-0.15, -0.1) is 0 Å². The van der Waals surface area contributed by atoms with Gasteiger partial charge in [0.25, 0.3) is 0 Å². The van der Waals surface area contributed by atoms with Crippen LogP contribution in [0.15, 0.2) is 30.3 Å². The molecule has 22 heavy (non-hydrogen) atoms. The molecule has 1 fully saturated rings. The molecule has 122 valence electrons. The molecule has 1 heterocycles. The van der Waals surface area contributed by atoms with Crippen LogP contribution in [-0.2, 0) is 16.1 Å². The predicted molar refractivity (Wildman–Crippen MR) is 88.6 cm³/mol. The molecule has 1 aromatic rings. The number of ether oxygens (including phenoxy) is 1. The summed E-state index contributed by atoms with van der Waals surface area (Å²) in [6.45, 7) is 10.8. The molecule has 0 amide bonds. The van der Waals surface area contributed by atoms with E-state index in [-0.39, 0.29) is 12.0 Å². The van der Waals surface area contributed by atoms with Crippen LogP contribution in [0.4, 0.5) is 0 Å². The van der Waals surface area contributed by atoms with Crippen LogP contribution in [0, 0.1) is 0 Å². The fourth-order valence-electron chi connectivity index (χ4n) is 2.86. The first-order chi connectivity index (χ1) is 10.6. The minimum absolute atomic E-state index is 0.123. The van der Waals surface area contributed by atoms with Gasteiger partial charge in [0, 0.05) is 25.7 Å². The zero-order chi connectivity index (χ0) is 15.9. The van der Waals surface area contributed by atoms with E-state index in [0.29, 0.717) is 12.6 Å². The third kappa shape index (κ3) is 4.82. The van der Waals surface area contributed by atoms with Crippen molar-refractivity contribution in [1.29, 1.82) is 0 Å². The Labute approximate surface area is 134 Å². The Morgan fingerprint density at radius 2 is 1.68 bits per heavy atom. The summed E-state index contributed by atoms with van der Waals surface area (Å²) < 4.78 is 5.46. The minimum atomic E-state index is -0.171. The van der Waals surface area contributed by atoms with E-state index in [9.17, 15) is 4.79 Å². The third-order valence-electron chi connectivity index (χ3n) is 4.41. The molecule has 0 aliphatic carbocycles. The van der Waals surface area contributed by atoms with Crippen molar-refractivity contribution in [2.75, 3.05) is 26.2 Å². The van der Waals surface area contributed by atoms with Gasteiger partial charge < -0.3 is 4.74 Å². The summed E-state index contributed by atoms with van der Waals surface area (Å²) >= 11 is 0. The maximum atomic E-state index is 12.3. The molecule has 1 aliphatic rings. The number of esters is 1. The molecule has 0 saturated carbocycles. The van der Waals surface area contributed by atoms with E-state index < -0.39 is 0 Å². The lowest BCUT2D eigenvalue weighted by Gasteiger charge is -2.27. The maximum absolute atomic E-state index is 12.3. The van der Waals surface area contributed by atoms with Gasteiger partial charge in [-0.2, -0.15) is 0 Å². The van der Waals surface area contributed by atoms with Gasteiger partial charge in [-0.05, 0) is 39.3 Å². The Balaban J connectivity index is 1.82. The van der Waals surface area contributed by atoms with Crippen molar-refractivity contribution < 1.29 is 9.53 Å². The third-order valence-corrected chi connectivity index (χ3v) is 4.41. The van der Waals surface area contributed by atoms with Gasteiger partial charge in [-0.1, -0.05) is 30.3 Å². The number of hydrogen-bond acceptors (Lipinski definition) is 4. The molecule has 1 unspecified atom stereocenters. The van der Waals surface area contributed by atoms with E-state index in [1.807, 2.05) is 37.3 Å². The van der Waals surface area contributed by atoms with Gasteiger partial charge in [-0.25, -0.2) is 0 Å². The summed E-state index contributed by atoms with van der Waals surface area (Å²) in [5.74, 6) is -0.123. The topological polar surface area (TPSA) is 32.8 Å².